The summed E-state index contributed by atoms with van der Waals surface area (Å²) in [4.78, 5) is 0. The second kappa shape index (κ2) is 6.35. The average molecular weight is 186 g/mol. The van der Waals surface area contributed by atoms with Crippen molar-refractivity contribution >= 4 is 0 Å². The van der Waals surface area contributed by atoms with E-state index >= 15 is 0 Å². The van der Waals surface area contributed by atoms with Gasteiger partial charge in [0.15, 0.2) is 0 Å². The van der Waals surface area contributed by atoms with Gasteiger partial charge in [-0.2, -0.15) is 0 Å². The van der Waals surface area contributed by atoms with E-state index in [4.69, 9.17) is 10.8 Å². The van der Waals surface area contributed by atoms with Crippen LogP contribution < -0.4 is 11.1 Å². The zero-order valence-corrected chi connectivity index (χ0v) is 8.34. The number of aliphatic hydroxyl groups excluding tert-OH is 1. The molecule has 1 fully saturated rings. The van der Waals surface area contributed by atoms with E-state index in [9.17, 15) is 0 Å². The van der Waals surface area contributed by atoms with Crippen LogP contribution in [0.15, 0.2) is 0 Å². The van der Waals surface area contributed by atoms with Gasteiger partial charge in [-0.25, -0.2) is 0 Å². The number of nitrogens with two attached hydrogens (primary N) is 1. The van der Waals surface area contributed by atoms with Crippen LogP contribution in [-0.4, -0.2) is 30.8 Å². The Kier molecular flexibility index (Phi) is 5.35. The summed E-state index contributed by atoms with van der Waals surface area (Å²) >= 11 is 0. The van der Waals surface area contributed by atoms with Gasteiger partial charge in [0, 0.05) is 12.6 Å². The Hall–Kier alpha value is -0.120. The van der Waals surface area contributed by atoms with Crippen molar-refractivity contribution in [3.63, 3.8) is 0 Å². The first-order valence-electron chi connectivity index (χ1n) is 5.41. The van der Waals surface area contributed by atoms with E-state index in [0.717, 1.165) is 31.8 Å². The fraction of sp³-hybridized carbons (Fsp3) is 1.00. The van der Waals surface area contributed by atoms with Crippen LogP contribution in [-0.2, 0) is 0 Å². The number of rotatable bonds is 7. The van der Waals surface area contributed by atoms with Gasteiger partial charge in [-0.3, -0.25) is 0 Å². The first-order chi connectivity index (χ1) is 6.34. The first kappa shape index (κ1) is 11.0. The number of hydrogen-bond acceptors (Lipinski definition) is 3. The van der Waals surface area contributed by atoms with Crippen LogP contribution in [0.2, 0.25) is 0 Å². The highest BCUT2D eigenvalue weighted by atomic mass is 16.3. The Morgan fingerprint density at radius 3 is 2.69 bits per heavy atom. The number of nitrogens with one attached hydrogen (secondary N) is 1. The first-order valence-corrected chi connectivity index (χ1v) is 5.41. The predicted molar refractivity (Wildman–Crippen MR) is 54.5 cm³/mol. The lowest BCUT2D eigenvalue weighted by atomic mass is 9.79. The largest absolute Gasteiger partial charge is 0.396 e. The Morgan fingerprint density at radius 2 is 2.15 bits per heavy atom. The molecule has 1 aliphatic carbocycles. The van der Waals surface area contributed by atoms with Gasteiger partial charge in [0.05, 0.1) is 0 Å². The molecule has 0 aliphatic heterocycles. The average Bonchev–Trinajstić information content (AvgIpc) is 2.01. The molecule has 1 unspecified atom stereocenters. The fourth-order valence-corrected chi connectivity index (χ4v) is 1.70. The minimum Gasteiger partial charge on any atom is -0.396 e. The van der Waals surface area contributed by atoms with E-state index in [-0.39, 0.29) is 6.61 Å². The molecular formula is C10H22N2O. The Balaban J connectivity index is 1.86. The summed E-state index contributed by atoms with van der Waals surface area (Å²) in [5.41, 5.74) is 6.00. The lowest BCUT2D eigenvalue weighted by molar-refractivity contribution is 0.250. The molecule has 3 heteroatoms. The lowest BCUT2D eigenvalue weighted by Gasteiger charge is -2.31. The topological polar surface area (TPSA) is 58.3 Å². The predicted octanol–water partition coefficient (Wildman–Crippen LogP) is 0.476. The second-order valence-corrected chi connectivity index (χ2v) is 3.97. The summed E-state index contributed by atoms with van der Waals surface area (Å²) in [6.07, 6.45) is 5.96. The van der Waals surface area contributed by atoms with Crippen LogP contribution in [0.1, 0.15) is 32.1 Å². The molecule has 1 atom stereocenters. The van der Waals surface area contributed by atoms with E-state index in [2.05, 4.69) is 5.32 Å². The quantitative estimate of drug-likeness (QED) is 0.507. The molecule has 0 bridgehead atoms. The van der Waals surface area contributed by atoms with Crippen molar-refractivity contribution in [1.82, 2.24) is 5.32 Å². The van der Waals surface area contributed by atoms with E-state index in [1.165, 1.54) is 19.3 Å². The van der Waals surface area contributed by atoms with Crippen LogP contribution in [0, 0.1) is 5.92 Å². The van der Waals surface area contributed by atoms with Crippen LogP contribution in [0.5, 0.6) is 0 Å². The van der Waals surface area contributed by atoms with Gasteiger partial charge in [0.25, 0.3) is 0 Å². The maximum atomic E-state index is 8.55. The van der Waals surface area contributed by atoms with Gasteiger partial charge < -0.3 is 16.2 Å². The Labute approximate surface area is 80.7 Å². The number of hydrogen-bond donors (Lipinski definition) is 3. The molecular weight excluding hydrogens is 164 g/mol. The fourth-order valence-electron chi connectivity index (χ4n) is 1.70. The summed E-state index contributed by atoms with van der Waals surface area (Å²) < 4.78 is 0. The Bertz CT molecular complexity index is 126. The summed E-state index contributed by atoms with van der Waals surface area (Å²) in [7, 11) is 0. The summed E-state index contributed by atoms with van der Waals surface area (Å²) in [6, 6.07) is 0.398. The summed E-state index contributed by atoms with van der Waals surface area (Å²) in [5, 5.41) is 11.8. The number of aliphatic hydroxyl groups is 1. The molecule has 0 heterocycles. The van der Waals surface area contributed by atoms with E-state index in [1.807, 2.05) is 0 Å². The zero-order valence-electron chi connectivity index (χ0n) is 8.34. The van der Waals surface area contributed by atoms with E-state index in [0.29, 0.717) is 6.04 Å². The monoisotopic (exact) mass is 186 g/mol. The van der Waals surface area contributed by atoms with Crippen molar-refractivity contribution in [3.8, 4) is 0 Å². The molecule has 13 heavy (non-hydrogen) atoms. The third kappa shape index (κ3) is 4.07. The highest BCUT2D eigenvalue weighted by Gasteiger charge is 2.23. The third-order valence-electron chi connectivity index (χ3n) is 2.92. The third-order valence-corrected chi connectivity index (χ3v) is 2.92. The highest BCUT2D eigenvalue weighted by Crippen LogP contribution is 2.29. The van der Waals surface area contributed by atoms with Gasteiger partial charge in [0.1, 0.15) is 0 Å². The summed E-state index contributed by atoms with van der Waals surface area (Å²) in [6.45, 7) is 2.19. The molecule has 0 spiro atoms. The molecule has 3 nitrogen and oxygen atoms in total. The molecule has 0 aromatic carbocycles. The van der Waals surface area contributed by atoms with Crippen molar-refractivity contribution < 1.29 is 5.11 Å². The minimum absolute atomic E-state index is 0.279. The van der Waals surface area contributed by atoms with Crippen molar-refractivity contribution in [3.05, 3.63) is 0 Å². The van der Waals surface area contributed by atoms with Crippen LogP contribution >= 0.6 is 0 Å². The van der Waals surface area contributed by atoms with Gasteiger partial charge in [0.2, 0.25) is 0 Å². The molecule has 1 saturated carbocycles. The van der Waals surface area contributed by atoms with Crippen molar-refractivity contribution in [1.29, 1.82) is 0 Å². The molecule has 78 valence electrons. The van der Waals surface area contributed by atoms with Crippen molar-refractivity contribution in [2.75, 3.05) is 19.7 Å². The second-order valence-electron chi connectivity index (χ2n) is 3.97. The van der Waals surface area contributed by atoms with Crippen molar-refractivity contribution in [2.24, 2.45) is 11.7 Å². The maximum Gasteiger partial charge on any atom is 0.0443 e. The minimum atomic E-state index is 0.279. The van der Waals surface area contributed by atoms with Crippen LogP contribution in [0.3, 0.4) is 0 Å². The molecule has 0 aromatic rings. The van der Waals surface area contributed by atoms with Gasteiger partial charge >= 0.3 is 0 Å². The van der Waals surface area contributed by atoms with E-state index in [1.54, 1.807) is 0 Å². The molecule has 1 aliphatic rings. The zero-order chi connectivity index (χ0) is 9.52. The summed E-state index contributed by atoms with van der Waals surface area (Å²) in [5.74, 6) is 0.791. The lowest BCUT2D eigenvalue weighted by Crippen LogP contribution is -2.37. The van der Waals surface area contributed by atoms with E-state index < -0.39 is 0 Å². The van der Waals surface area contributed by atoms with Crippen molar-refractivity contribution in [2.45, 2.75) is 38.1 Å². The molecule has 0 aromatic heterocycles. The maximum absolute atomic E-state index is 8.55. The van der Waals surface area contributed by atoms with Gasteiger partial charge in [-0.15, -0.1) is 0 Å². The van der Waals surface area contributed by atoms with Crippen LogP contribution in [0.25, 0.3) is 0 Å². The molecule has 4 N–H and O–H groups in total. The SMILES string of the molecule is NC(CCNCCCO)C1CCC1. The highest BCUT2D eigenvalue weighted by molar-refractivity contribution is 4.80. The normalized spacial score (nSPS) is 19.8. The smallest absolute Gasteiger partial charge is 0.0443 e. The Morgan fingerprint density at radius 1 is 1.38 bits per heavy atom. The molecule has 0 amide bonds. The van der Waals surface area contributed by atoms with Gasteiger partial charge in [-0.1, -0.05) is 6.42 Å². The molecule has 1 rings (SSSR count). The molecule has 0 radical (unpaired) electrons. The molecule has 0 saturated heterocycles. The standard InChI is InChI=1S/C10H22N2O/c11-10(9-3-1-4-9)5-7-12-6-2-8-13/h9-10,12-13H,1-8,11H2. The van der Waals surface area contributed by atoms with Gasteiger partial charge in [-0.05, 0) is 44.7 Å². The van der Waals surface area contributed by atoms with Crippen LogP contribution in [0.4, 0.5) is 0 Å².